The maximum Gasteiger partial charge on any atom is 0.0112 e. The Morgan fingerprint density at radius 3 is 2.07 bits per heavy atom. The fraction of sp³-hybridized carbons (Fsp3) is 1.00. The molecule has 0 aliphatic rings. The second-order valence-electron chi connectivity index (χ2n) is 5.73. The van der Waals surface area contributed by atoms with Crippen molar-refractivity contribution in [3.05, 3.63) is 0 Å². The predicted molar refractivity (Wildman–Crippen MR) is 69.1 cm³/mol. The molecule has 0 aromatic rings. The van der Waals surface area contributed by atoms with E-state index in [2.05, 4.69) is 39.6 Å². The lowest BCUT2D eigenvalue weighted by Crippen LogP contribution is -2.39. The molecular weight excluding hydrogens is 184 g/mol. The molecule has 2 nitrogen and oxygen atoms in total. The van der Waals surface area contributed by atoms with Crippen LogP contribution in [0.1, 0.15) is 53.4 Å². The first-order chi connectivity index (χ1) is 6.89. The molecule has 1 atom stereocenters. The maximum absolute atomic E-state index is 5.47. The summed E-state index contributed by atoms with van der Waals surface area (Å²) in [5.41, 5.74) is 5.85. The number of unbranched alkanes of at least 4 members (excludes halogenated alkanes) is 3. The Kier molecular flexibility index (Phi) is 7.20. The van der Waals surface area contributed by atoms with Crippen LogP contribution in [-0.2, 0) is 0 Å². The summed E-state index contributed by atoms with van der Waals surface area (Å²) in [6, 6.07) is 0.645. The first-order valence-corrected chi connectivity index (χ1v) is 6.30. The van der Waals surface area contributed by atoms with Crippen molar-refractivity contribution in [2.75, 3.05) is 20.1 Å². The fourth-order valence-corrected chi connectivity index (χ4v) is 1.71. The largest absolute Gasteiger partial charge is 0.330 e. The van der Waals surface area contributed by atoms with Crippen molar-refractivity contribution in [3.8, 4) is 0 Å². The van der Waals surface area contributed by atoms with Gasteiger partial charge < -0.3 is 10.6 Å². The molecule has 0 saturated heterocycles. The summed E-state index contributed by atoms with van der Waals surface area (Å²) in [7, 11) is 2.23. The molecule has 0 radical (unpaired) electrons. The van der Waals surface area contributed by atoms with Crippen LogP contribution in [0.25, 0.3) is 0 Å². The number of hydrogen-bond donors (Lipinski definition) is 1. The third-order valence-corrected chi connectivity index (χ3v) is 3.38. The lowest BCUT2D eigenvalue weighted by molar-refractivity contribution is 0.139. The molecule has 0 spiro atoms. The number of hydrogen-bond acceptors (Lipinski definition) is 2. The van der Waals surface area contributed by atoms with Crippen molar-refractivity contribution in [1.29, 1.82) is 0 Å². The summed E-state index contributed by atoms with van der Waals surface area (Å²) in [6.07, 6.45) is 5.09. The Morgan fingerprint density at radius 1 is 1.07 bits per heavy atom. The Balaban J connectivity index is 3.60. The third kappa shape index (κ3) is 6.91. The Hall–Kier alpha value is -0.0800. The van der Waals surface area contributed by atoms with Crippen LogP contribution < -0.4 is 5.73 Å². The molecule has 0 aromatic heterocycles. The topological polar surface area (TPSA) is 29.3 Å². The molecule has 0 heterocycles. The van der Waals surface area contributed by atoms with Gasteiger partial charge in [-0.15, -0.1) is 0 Å². The summed E-state index contributed by atoms with van der Waals surface area (Å²) in [6.45, 7) is 11.3. The van der Waals surface area contributed by atoms with Gasteiger partial charge in [0.25, 0.3) is 0 Å². The fourth-order valence-electron chi connectivity index (χ4n) is 1.71. The zero-order valence-corrected chi connectivity index (χ0v) is 11.3. The maximum atomic E-state index is 5.47. The van der Waals surface area contributed by atoms with Crippen molar-refractivity contribution in [2.45, 2.75) is 59.4 Å². The molecule has 0 amide bonds. The summed E-state index contributed by atoms with van der Waals surface area (Å²) >= 11 is 0. The molecule has 0 aromatic carbocycles. The van der Waals surface area contributed by atoms with Gasteiger partial charge in [-0.3, -0.25) is 0 Å². The highest BCUT2D eigenvalue weighted by molar-refractivity contribution is 4.77. The van der Waals surface area contributed by atoms with Crippen LogP contribution in [0.3, 0.4) is 0 Å². The van der Waals surface area contributed by atoms with Gasteiger partial charge in [-0.2, -0.15) is 0 Å². The number of nitrogens with two attached hydrogens (primary N) is 1. The smallest absolute Gasteiger partial charge is 0.0112 e. The van der Waals surface area contributed by atoms with Gasteiger partial charge in [0.05, 0.1) is 0 Å². The van der Waals surface area contributed by atoms with E-state index < -0.39 is 0 Å². The van der Waals surface area contributed by atoms with Crippen LogP contribution in [0.4, 0.5) is 0 Å². The second-order valence-corrected chi connectivity index (χ2v) is 5.73. The van der Waals surface area contributed by atoms with Gasteiger partial charge in [0.2, 0.25) is 0 Å². The minimum atomic E-state index is 0.381. The zero-order valence-electron chi connectivity index (χ0n) is 11.3. The van der Waals surface area contributed by atoms with Crippen molar-refractivity contribution in [3.63, 3.8) is 0 Å². The molecule has 92 valence electrons. The van der Waals surface area contributed by atoms with Crippen LogP contribution in [0.15, 0.2) is 0 Å². The molecule has 2 heteroatoms. The number of nitrogens with zero attached hydrogens (tertiary/aromatic N) is 1. The zero-order chi connectivity index (χ0) is 11.9. The van der Waals surface area contributed by atoms with Crippen LogP contribution in [-0.4, -0.2) is 31.1 Å². The molecule has 0 fully saturated rings. The molecule has 2 N–H and O–H groups in total. The van der Waals surface area contributed by atoms with E-state index in [1.54, 1.807) is 0 Å². The van der Waals surface area contributed by atoms with E-state index in [0.29, 0.717) is 11.5 Å². The van der Waals surface area contributed by atoms with Crippen molar-refractivity contribution in [1.82, 2.24) is 4.90 Å². The van der Waals surface area contributed by atoms with Crippen molar-refractivity contribution >= 4 is 0 Å². The molecular formula is C13H30N2. The van der Waals surface area contributed by atoms with Crippen LogP contribution in [0.5, 0.6) is 0 Å². The van der Waals surface area contributed by atoms with E-state index in [1.807, 2.05) is 0 Å². The van der Waals surface area contributed by atoms with Crippen molar-refractivity contribution in [2.24, 2.45) is 11.1 Å². The SMILES string of the molecule is CC(N(C)CCCCCCN)C(C)(C)C. The average Bonchev–Trinajstić information content (AvgIpc) is 2.14. The molecule has 1 unspecified atom stereocenters. The highest BCUT2D eigenvalue weighted by Crippen LogP contribution is 2.23. The molecule has 0 aliphatic carbocycles. The van der Waals surface area contributed by atoms with E-state index in [4.69, 9.17) is 5.73 Å². The minimum Gasteiger partial charge on any atom is -0.330 e. The van der Waals surface area contributed by atoms with Gasteiger partial charge >= 0.3 is 0 Å². The monoisotopic (exact) mass is 214 g/mol. The first kappa shape index (κ1) is 14.9. The van der Waals surface area contributed by atoms with E-state index in [0.717, 1.165) is 6.54 Å². The van der Waals surface area contributed by atoms with E-state index >= 15 is 0 Å². The van der Waals surface area contributed by atoms with E-state index in [9.17, 15) is 0 Å². The molecule has 0 bridgehead atoms. The van der Waals surface area contributed by atoms with Crippen LogP contribution in [0.2, 0.25) is 0 Å². The lowest BCUT2D eigenvalue weighted by Gasteiger charge is -2.35. The van der Waals surface area contributed by atoms with Gasteiger partial charge in [0, 0.05) is 6.04 Å². The molecule has 0 rings (SSSR count). The normalized spacial score (nSPS) is 14.6. The van der Waals surface area contributed by atoms with Gasteiger partial charge in [0.1, 0.15) is 0 Å². The quantitative estimate of drug-likeness (QED) is 0.660. The third-order valence-electron chi connectivity index (χ3n) is 3.38. The van der Waals surface area contributed by atoms with Gasteiger partial charge in [0.15, 0.2) is 0 Å². The molecule has 0 saturated carbocycles. The van der Waals surface area contributed by atoms with Crippen LogP contribution >= 0.6 is 0 Å². The van der Waals surface area contributed by atoms with Gasteiger partial charge in [-0.25, -0.2) is 0 Å². The summed E-state index contributed by atoms with van der Waals surface area (Å²) in [5, 5.41) is 0. The highest BCUT2D eigenvalue weighted by atomic mass is 15.1. The lowest BCUT2D eigenvalue weighted by atomic mass is 9.87. The Labute approximate surface area is 96.2 Å². The summed E-state index contributed by atoms with van der Waals surface area (Å²) in [4.78, 5) is 2.47. The van der Waals surface area contributed by atoms with E-state index in [1.165, 1.54) is 32.2 Å². The predicted octanol–water partition coefficient (Wildman–Crippen LogP) is 2.87. The Bertz CT molecular complexity index is 149. The van der Waals surface area contributed by atoms with Gasteiger partial charge in [-0.05, 0) is 45.3 Å². The van der Waals surface area contributed by atoms with Crippen molar-refractivity contribution < 1.29 is 0 Å². The Morgan fingerprint density at radius 2 is 1.60 bits per heavy atom. The molecule has 0 aliphatic heterocycles. The minimum absolute atomic E-state index is 0.381. The van der Waals surface area contributed by atoms with Gasteiger partial charge in [-0.1, -0.05) is 33.6 Å². The van der Waals surface area contributed by atoms with Crippen LogP contribution in [0, 0.1) is 5.41 Å². The molecule has 15 heavy (non-hydrogen) atoms. The van der Waals surface area contributed by atoms with E-state index in [-0.39, 0.29) is 0 Å². The first-order valence-electron chi connectivity index (χ1n) is 6.30. The number of rotatable bonds is 7. The summed E-state index contributed by atoms with van der Waals surface area (Å²) < 4.78 is 0. The highest BCUT2D eigenvalue weighted by Gasteiger charge is 2.23. The second kappa shape index (κ2) is 7.24. The summed E-state index contributed by atoms with van der Waals surface area (Å²) in [5.74, 6) is 0. The standard InChI is InChI=1S/C13H30N2/c1-12(13(2,3)4)15(5)11-9-7-6-8-10-14/h12H,6-11,14H2,1-5H3. The average molecular weight is 214 g/mol.